The second kappa shape index (κ2) is 10.00. The van der Waals surface area contributed by atoms with Gasteiger partial charge in [-0.05, 0) is 59.8 Å². The highest BCUT2D eigenvalue weighted by molar-refractivity contribution is 5.68. The quantitative estimate of drug-likeness (QED) is 0.394. The number of hydrogen-bond donors (Lipinski definition) is 1. The molecule has 7 heteroatoms. The van der Waals surface area contributed by atoms with Crippen molar-refractivity contribution in [2.75, 3.05) is 20.3 Å². The first kappa shape index (κ1) is 25.5. The minimum absolute atomic E-state index is 0.0206. The number of rotatable bonds is 10. The third-order valence-corrected chi connectivity index (χ3v) is 7.21. The Kier molecular flexibility index (Phi) is 7.96. The smallest absolute Gasteiger partial charge is 0.407 e. The third-order valence-electron chi connectivity index (χ3n) is 7.21. The molecule has 2 heterocycles. The Morgan fingerprint density at radius 3 is 2.47 bits per heavy atom. The summed E-state index contributed by atoms with van der Waals surface area (Å²) in [5.74, 6) is 0.253. The maximum absolute atomic E-state index is 12.8. The van der Waals surface area contributed by atoms with E-state index < -0.39 is 6.09 Å². The highest BCUT2D eigenvalue weighted by Crippen LogP contribution is 2.59. The summed E-state index contributed by atoms with van der Waals surface area (Å²) in [7, 11) is 1.69. The van der Waals surface area contributed by atoms with Gasteiger partial charge in [0.2, 0.25) is 0 Å². The lowest BCUT2D eigenvalue weighted by Gasteiger charge is -2.42. The van der Waals surface area contributed by atoms with Crippen molar-refractivity contribution in [2.24, 2.45) is 11.8 Å². The molecule has 1 aliphatic carbocycles. The second-order valence-corrected chi connectivity index (χ2v) is 10.7. The zero-order chi connectivity index (χ0) is 23.7. The predicted molar refractivity (Wildman–Crippen MR) is 123 cm³/mol. The van der Waals surface area contributed by atoms with Gasteiger partial charge in [0, 0.05) is 7.11 Å². The molecular formula is C25H43NO6. The second-order valence-electron chi connectivity index (χ2n) is 10.7. The number of ether oxygens (including phenoxy) is 5. The summed E-state index contributed by atoms with van der Waals surface area (Å²) < 4.78 is 29.8. The van der Waals surface area contributed by atoms with E-state index >= 15 is 0 Å². The lowest BCUT2D eigenvalue weighted by molar-refractivity contribution is -0.118. The van der Waals surface area contributed by atoms with E-state index in [0.717, 1.165) is 12.8 Å². The van der Waals surface area contributed by atoms with Gasteiger partial charge in [-0.1, -0.05) is 25.5 Å². The van der Waals surface area contributed by atoms with Gasteiger partial charge in [0.05, 0.1) is 37.4 Å². The van der Waals surface area contributed by atoms with Crippen molar-refractivity contribution >= 4 is 6.09 Å². The van der Waals surface area contributed by atoms with Crippen LogP contribution in [-0.4, -0.2) is 68.1 Å². The molecule has 3 aliphatic rings. The van der Waals surface area contributed by atoms with Gasteiger partial charge in [0.1, 0.15) is 23.4 Å². The first-order chi connectivity index (χ1) is 15.0. The Morgan fingerprint density at radius 2 is 1.94 bits per heavy atom. The van der Waals surface area contributed by atoms with E-state index in [1.165, 1.54) is 5.57 Å². The fourth-order valence-corrected chi connectivity index (χ4v) is 5.09. The largest absolute Gasteiger partial charge is 0.443 e. The van der Waals surface area contributed by atoms with E-state index in [2.05, 4.69) is 46.0 Å². The van der Waals surface area contributed by atoms with Crippen molar-refractivity contribution < 1.29 is 28.5 Å². The molecule has 7 unspecified atom stereocenters. The van der Waals surface area contributed by atoms with Crippen LogP contribution in [0.25, 0.3) is 0 Å². The zero-order valence-electron chi connectivity index (χ0n) is 21.1. The molecule has 0 aromatic heterocycles. The monoisotopic (exact) mass is 453 g/mol. The average molecular weight is 454 g/mol. The molecular weight excluding hydrogens is 410 g/mol. The van der Waals surface area contributed by atoms with Crippen LogP contribution in [0.15, 0.2) is 11.6 Å². The maximum atomic E-state index is 12.8. The number of allylic oxidation sites excluding steroid dienone is 1. The van der Waals surface area contributed by atoms with Crippen LogP contribution in [0.4, 0.5) is 4.79 Å². The average Bonchev–Trinajstić information content (AvgIpc) is 3.62. The number of carbonyl (C=O) groups is 1. The van der Waals surface area contributed by atoms with Gasteiger partial charge in [0.25, 0.3) is 0 Å². The van der Waals surface area contributed by atoms with E-state index in [-0.39, 0.29) is 53.5 Å². The molecule has 7 atom stereocenters. The number of hydrogen-bond acceptors (Lipinski definition) is 6. The van der Waals surface area contributed by atoms with Crippen molar-refractivity contribution in [1.82, 2.24) is 5.32 Å². The molecule has 7 nitrogen and oxygen atoms in total. The van der Waals surface area contributed by atoms with Gasteiger partial charge in [-0.2, -0.15) is 0 Å². The summed E-state index contributed by atoms with van der Waals surface area (Å²) in [6.07, 6.45) is 3.85. The number of amides is 1. The minimum Gasteiger partial charge on any atom is -0.443 e. The zero-order valence-corrected chi connectivity index (χ0v) is 21.1. The molecule has 1 amide bonds. The summed E-state index contributed by atoms with van der Waals surface area (Å²) in [4.78, 5) is 12.8. The van der Waals surface area contributed by atoms with Crippen molar-refractivity contribution in [1.29, 1.82) is 0 Å². The third kappa shape index (κ3) is 5.66. The molecule has 184 valence electrons. The Bertz CT molecular complexity index is 684. The van der Waals surface area contributed by atoms with Crippen molar-refractivity contribution in [2.45, 2.75) is 109 Å². The SMILES string of the molecule is COC1C(OC(=O)NC(COC(C)C)C(C)C)CCC2(CO2)C1C1(C)OC1CC=C(C)C. The van der Waals surface area contributed by atoms with Crippen LogP contribution in [0, 0.1) is 11.8 Å². The van der Waals surface area contributed by atoms with Gasteiger partial charge >= 0.3 is 6.09 Å². The van der Waals surface area contributed by atoms with Crippen LogP contribution in [0.2, 0.25) is 0 Å². The molecule has 0 bridgehead atoms. The molecule has 1 spiro atoms. The number of epoxide rings is 2. The summed E-state index contributed by atoms with van der Waals surface area (Å²) in [5.41, 5.74) is 0.718. The van der Waals surface area contributed by atoms with Gasteiger partial charge in [0.15, 0.2) is 0 Å². The predicted octanol–water partition coefficient (Wildman–Crippen LogP) is 4.24. The Labute approximate surface area is 193 Å². The number of nitrogens with one attached hydrogen (secondary N) is 1. The molecule has 2 aliphatic heterocycles. The molecule has 1 N–H and O–H groups in total. The molecule has 0 aromatic rings. The van der Waals surface area contributed by atoms with Crippen LogP contribution >= 0.6 is 0 Å². The first-order valence-electron chi connectivity index (χ1n) is 12.1. The molecule has 1 saturated carbocycles. The lowest BCUT2D eigenvalue weighted by Crippen LogP contribution is -2.56. The molecule has 0 radical (unpaired) electrons. The fraction of sp³-hybridized carbons (Fsp3) is 0.880. The summed E-state index contributed by atoms with van der Waals surface area (Å²) in [6.45, 7) is 15.6. The van der Waals surface area contributed by atoms with Crippen molar-refractivity contribution in [3.63, 3.8) is 0 Å². The van der Waals surface area contributed by atoms with Crippen molar-refractivity contribution in [3.05, 3.63) is 11.6 Å². The molecule has 2 saturated heterocycles. The van der Waals surface area contributed by atoms with Crippen LogP contribution < -0.4 is 5.32 Å². The van der Waals surface area contributed by atoms with E-state index in [9.17, 15) is 4.79 Å². The van der Waals surface area contributed by atoms with Crippen molar-refractivity contribution in [3.8, 4) is 0 Å². The van der Waals surface area contributed by atoms with Crippen LogP contribution in [0.1, 0.15) is 67.7 Å². The standard InChI is InChI=1S/C25H43NO6/c1-15(2)9-10-20-24(7,32-20)22-21(28-8)19(11-12-25(22)14-30-25)31-23(27)26-18(16(3)4)13-29-17(5)6/h9,16-22H,10-14H2,1-8H3,(H,26,27). The summed E-state index contributed by atoms with van der Waals surface area (Å²) in [5, 5.41) is 3.00. The molecule has 32 heavy (non-hydrogen) atoms. The molecule has 3 fully saturated rings. The van der Waals surface area contributed by atoms with E-state index in [1.807, 2.05) is 13.8 Å². The number of carbonyl (C=O) groups excluding carboxylic acids is 1. The number of alkyl carbamates (subject to hydrolysis) is 1. The summed E-state index contributed by atoms with van der Waals surface area (Å²) in [6, 6.07) is -0.110. The highest BCUT2D eigenvalue weighted by atomic mass is 16.6. The normalized spacial score (nSPS) is 36.8. The Hall–Kier alpha value is -1.15. The van der Waals surface area contributed by atoms with Gasteiger partial charge in [-0.25, -0.2) is 4.79 Å². The van der Waals surface area contributed by atoms with Gasteiger partial charge < -0.3 is 29.0 Å². The Balaban J connectivity index is 1.66. The molecule has 3 rings (SSSR count). The van der Waals surface area contributed by atoms with E-state index in [0.29, 0.717) is 19.6 Å². The minimum atomic E-state index is -0.419. The topological polar surface area (TPSA) is 81.9 Å². The van der Waals surface area contributed by atoms with Gasteiger partial charge in [-0.15, -0.1) is 0 Å². The fourth-order valence-electron chi connectivity index (χ4n) is 5.09. The highest BCUT2D eigenvalue weighted by Gasteiger charge is 2.72. The lowest BCUT2D eigenvalue weighted by atomic mass is 9.68. The van der Waals surface area contributed by atoms with Crippen LogP contribution in [0.5, 0.6) is 0 Å². The Morgan fingerprint density at radius 1 is 1.25 bits per heavy atom. The van der Waals surface area contributed by atoms with E-state index in [4.69, 9.17) is 23.7 Å². The summed E-state index contributed by atoms with van der Waals surface area (Å²) >= 11 is 0. The van der Waals surface area contributed by atoms with Gasteiger partial charge in [-0.3, -0.25) is 0 Å². The van der Waals surface area contributed by atoms with Crippen LogP contribution in [-0.2, 0) is 23.7 Å². The maximum Gasteiger partial charge on any atom is 0.407 e. The first-order valence-corrected chi connectivity index (χ1v) is 12.1. The molecule has 0 aromatic carbocycles. The van der Waals surface area contributed by atoms with E-state index in [1.54, 1.807) is 7.11 Å². The number of methoxy groups -OCH3 is 1. The van der Waals surface area contributed by atoms with Crippen LogP contribution in [0.3, 0.4) is 0 Å².